The number of nitrogens with zero attached hydrogens (tertiary/aromatic N) is 2. The van der Waals surface area contributed by atoms with Gasteiger partial charge in [-0.1, -0.05) is 23.7 Å². The minimum Gasteiger partial charge on any atom is -0.460 e. The maximum absolute atomic E-state index is 12.5. The molecule has 4 atom stereocenters. The summed E-state index contributed by atoms with van der Waals surface area (Å²) in [6.45, 7) is 2.67. The van der Waals surface area contributed by atoms with Crippen molar-refractivity contribution in [3.63, 3.8) is 0 Å². The molecule has 3 aliphatic heterocycles. The largest absolute Gasteiger partial charge is 0.460 e. The molecule has 1 N–H and O–H groups in total. The average molecular weight is 415 g/mol. The van der Waals surface area contributed by atoms with Crippen molar-refractivity contribution in [2.45, 2.75) is 44.3 Å². The number of halogens is 1. The Labute approximate surface area is 176 Å². The van der Waals surface area contributed by atoms with Gasteiger partial charge in [0.05, 0.1) is 24.2 Å². The van der Waals surface area contributed by atoms with Crippen LogP contribution in [0.4, 0.5) is 0 Å². The number of benzene rings is 1. The van der Waals surface area contributed by atoms with E-state index in [2.05, 4.69) is 4.90 Å². The summed E-state index contributed by atoms with van der Waals surface area (Å²) >= 11 is 6.31. The Kier molecular flexibility index (Phi) is 5.14. The first-order valence-corrected chi connectivity index (χ1v) is 11.0. The van der Waals surface area contributed by atoms with Crippen molar-refractivity contribution in [3.8, 4) is 11.3 Å². The minimum absolute atomic E-state index is 0.0397. The minimum atomic E-state index is -0.0397. The van der Waals surface area contributed by atoms with Crippen LogP contribution in [0.3, 0.4) is 0 Å². The highest BCUT2D eigenvalue weighted by Crippen LogP contribution is 2.42. The van der Waals surface area contributed by atoms with Gasteiger partial charge in [-0.3, -0.25) is 9.69 Å². The molecule has 6 heteroatoms. The molecule has 0 radical (unpaired) electrons. The topological polar surface area (TPSA) is 56.9 Å². The van der Waals surface area contributed by atoms with E-state index in [0.29, 0.717) is 23.3 Å². The van der Waals surface area contributed by atoms with Crippen molar-refractivity contribution in [1.82, 2.24) is 9.80 Å². The molecule has 1 aromatic carbocycles. The van der Waals surface area contributed by atoms with Crippen LogP contribution >= 0.6 is 11.6 Å². The molecule has 154 valence electrons. The lowest BCUT2D eigenvalue weighted by atomic mass is 9.72. The van der Waals surface area contributed by atoms with E-state index in [9.17, 15) is 9.90 Å². The number of piperidine rings is 3. The van der Waals surface area contributed by atoms with Gasteiger partial charge >= 0.3 is 0 Å². The third-order valence-electron chi connectivity index (χ3n) is 6.94. The Morgan fingerprint density at radius 1 is 1.14 bits per heavy atom. The van der Waals surface area contributed by atoms with Crippen molar-refractivity contribution in [2.24, 2.45) is 11.8 Å². The summed E-state index contributed by atoms with van der Waals surface area (Å²) in [5.74, 6) is 2.77. The van der Waals surface area contributed by atoms with E-state index >= 15 is 0 Å². The normalized spacial score (nSPS) is 29.7. The number of likely N-dealkylation sites (tertiary alicyclic amines) is 1. The summed E-state index contributed by atoms with van der Waals surface area (Å²) in [6, 6.07) is 12.0. The lowest BCUT2D eigenvalue weighted by Crippen LogP contribution is -2.65. The summed E-state index contributed by atoms with van der Waals surface area (Å²) in [4.78, 5) is 17.0. The van der Waals surface area contributed by atoms with E-state index in [-0.39, 0.29) is 24.6 Å². The number of carbonyl (C=O) groups excluding carboxylic acids is 1. The van der Waals surface area contributed by atoms with Gasteiger partial charge in [0.25, 0.3) is 0 Å². The quantitative estimate of drug-likeness (QED) is 0.826. The summed E-state index contributed by atoms with van der Waals surface area (Å²) in [5, 5.41) is 10.7. The summed E-state index contributed by atoms with van der Waals surface area (Å²) in [6.07, 6.45) is 3.77. The first-order chi connectivity index (χ1) is 14.1. The highest BCUT2D eigenvalue weighted by atomic mass is 35.5. The zero-order chi connectivity index (χ0) is 20.0. The van der Waals surface area contributed by atoms with E-state index in [1.54, 1.807) is 0 Å². The van der Waals surface area contributed by atoms with Crippen molar-refractivity contribution >= 4 is 17.5 Å². The van der Waals surface area contributed by atoms with Gasteiger partial charge in [-0.05, 0) is 55.4 Å². The maximum Gasteiger partial charge on any atom is 0.223 e. The molecule has 0 spiro atoms. The molecule has 1 aromatic heterocycles. The van der Waals surface area contributed by atoms with Crippen molar-refractivity contribution in [3.05, 3.63) is 47.2 Å². The number of hydrogen-bond acceptors (Lipinski definition) is 4. The van der Waals surface area contributed by atoms with Crippen LogP contribution in [0.25, 0.3) is 11.3 Å². The number of hydrogen-bond donors (Lipinski definition) is 1. The number of fused-ring (bicyclic) bond motifs is 4. The van der Waals surface area contributed by atoms with E-state index < -0.39 is 0 Å². The molecule has 5 nitrogen and oxygen atoms in total. The Balaban J connectivity index is 1.33. The fourth-order valence-corrected chi connectivity index (χ4v) is 5.95. The molecule has 4 heterocycles. The predicted octanol–water partition coefficient (Wildman–Crippen LogP) is 3.79. The molecule has 0 aliphatic carbocycles. The van der Waals surface area contributed by atoms with Crippen LogP contribution in [-0.2, 0) is 11.3 Å². The van der Waals surface area contributed by atoms with Gasteiger partial charge in [0.15, 0.2) is 0 Å². The standard InChI is InChI=1S/C23H27ClN2O3/c24-19-5-2-1-4-18(19)22-9-8-17(29-22)13-25-11-15-10-16(12-25)21(14-27)26-20(15)6-3-7-23(26)28/h1-2,4-5,8-9,15-16,20-21,27H,3,6-7,10-14H2/t15-,16+,20+,21+/m1/s1. The highest BCUT2D eigenvalue weighted by molar-refractivity contribution is 6.33. The van der Waals surface area contributed by atoms with Crippen LogP contribution in [0, 0.1) is 11.8 Å². The number of amides is 1. The zero-order valence-corrected chi connectivity index (χ0v) is 17.2. The smallest absolute Gasteiger partial charge is 0.223 e. The predicted molar refractivity (Wildman–Crippen MR) is 111 cm³/mol. The fraction of sp³-hybridized carbons (Fsp3) is 0.522. The van der Waals surface area contributed by atoms with Gasteiger partial charge in [-0.15, -0.1) is 0 Å². The molecule has 3 saturated heterocycles. The van der Waals surface area contributed by atoms with Crippen molar-refractivity contribution < 1.29 is 14.3 Å². The van der Waals surface area contributed by atoms with E-state index in [1.807, 2.05) is 41.3 Å². The summed E-state index contributed by atoms with van der Waals surface area (Å²) in [5.41, 5.74) is 0.910. The van der Waals surface area contributed by atoms with Gasteiger partial charge in [-0.2, -0.15) is 0 Å². The molecule has 2 bridgehead atoms. The molecule has 3 fully saturated rings. The van der Waals surface area contributed by atoms with Crippen LogP contribution in [0.5, 0.6) is 0 Å². The number of furan rings is 1. The lowest BCUT2D eigenvalue weighted by Gasteiger charge is -2.56. The Bertz CT molecular complexity index is 884. The zero-order valence-electron chi connectivity index (χ0n) is 16.5. The van der Waals surface area contributed by atoms with Gasteiger partial charge in [0.2, 0.25) is 5.91 Å². The molecule has 2 aromatic rings. The van der Waals surface area contributed by atoms with Crippen LogP contribution in [0.2, 0.25) is 5.02 Å². The summed E-state index contributed by atoms with van der Waals surface area (Å²) < 4.78 is 6.11. The number of carbonyl (C=O) groups is 1. The SMILES string of the molecule is O=C1CCC[C@H]2[C@@H]3C[C@@H](CN(Cc4ccc(-c5ccccc5Cl)o4)C3)[C@H](CO)N12. The molecule has 3 aliphatic rings. The molecule has 0 saturated carbocycles. The highest BCUT2D eigenvalue weighted by Gasteiger charge is 2.49. The van der Waals surface area contributed by atoms with E-state index in [4.69, 9.17) is 16.0 Å². The third-order valence-corrected chi connectivity index (χ3v) is 7.27. The monoisotopic (exact) mass is 414 g/mol. The second-order valence-corrected chi connectivity index (χ2v) is 9.11. The summed E-state index contributed by atoms with van der Waals surface area (Å²) in [7, 11) is 0. The Morgan fingerprint density at radius 3 is 2.79 bits per heavy atom. The maximum atomic E-state index is 12.5. The Hall–Kier alpha value is -1.82. The van der Waals surface area contributed by atoms with Gasteiger partial charge in [-0.25, -0.2) is 0 Å². The van der Waals surface area contributed by atoms with Crippen molar-refractivity contribution in [1.29, 1.82) is 0 Å². The molecule has 29 heavy (non-hydrogen) atoms. The molecule has 1 amide bonds. The average Bonchev–Trinajstić information content (AvgIpc) is 3.17. The first-order valence-electron chi connectivity index (χ1n) is 10.6. The molecule has 0 unspecified atom stereocenters. The second kappa shape index (κ2) is 7.78. The molecular formula is C23H27ClN2O3. The van der Waals surface area contributed by atoms with Crippen LogP contribution in [-0.4, -0.2) is 52.6 Å². The number of rotatable bonds is 4. The first kappa shape index (κ1) is 19.2. The molecular weight excluding hydrogens is 388 g/mol. The lowest BCUT2D eigenvalue weighted by molar-refractivity contribution is -0.155. The molecule has 5 rings (SSSR count). The third kappa shape index (κ3) is 3.49. The van der Waals surface area contributed by atoms with E-state index in [0.717, 1.165) is 56.0 Å². The van der Waals surface area contributed by atoms with Crippen LogP contribution in [0.15, 0.2) is 40.8 Å². The van der Waals surface area contributed by atoms with Crippen LogP contribution < -0.4 is 0 Å². The van der Waals surface area contributed by atoms with Gasteiger partial charge in [0, 0.05) is 31.1 Å². The van der Waals surface area contributed by atoms with Crippen LogP contribution in [0.1, 0.15) is 31.4 Å². The van der Waals surface area contributed by atoms with Crippen molar-refractivity contribution in [2.75, 3.05) is 19.7 Å². The van der Waals surface area contributed by atoms with Gasteiger partial charge < -0.3 is 14.4 Å². The van der Waals surface area contributed by atoms with Gasteiger partial charge in [0.1, 0.15) is 11.5 Å². The number of aliphatic hydroxyl groups excluding tert-OH is 1. The second-order valence-electron chi connectivity index (χ2n) is 8.71. The van der Waals surface area contributed by atoms with E-state index in [1.165, 1.54) is 0 Å². The fourth-order valence-electron chi connectivity index (χ4n) is 5.72. The number of aliphatic hydroxyl groups is 1. The Morgan fingerprint density at radius 2 is 1.97 bits per heavy atom.